The number of fused-ring (bicyclic) bond motifs is 1. The Morgan fingerprint density at radius 3 is 2.94 bits per heavy atom. The predicted octanol–water partition coefficient (Wildman–Crippen LogP) is 4.19. The van der Waals surface area contributed by atoms with Gasteiger partial charge in [-0.2, -0.15) is 0 Å². The molecular weight excluding hydrogens is 218 g/mol. The highest BCUT2D eigenvalue weighted by molar-refractivity contribution is 6.17. The summed E-state index contributed by atoms with van der Waals surface area (Å²) in [5.41, 5.74) is 3.30. The lowest BCUT2D eigenvalue weighted by atomic mass is 10.1. The summed E-state index contributed by atoms with van der Waals surface area (Å²) in [4.78, 5) is 4.47. The average Bonchev–Trinajstić information content (AvgIpc) is 2.29. The highest BCUT2D eigenvalue weighted by atomic mass is 35.5. The third-order valence-electron chi connectivity index (χ3n) is 2.44. The number of alkyl halides is 1. The molecule has 0 saturated heterocycles. The second-order valence-electron chi connectivity index (χ2n) is 3.78. The molecule has 16 heavy (non-hydrogen) atoms. The molecule has 1 nitrogen and oxygen atoms in total. The van der Waals surface area contributed by atoms with Crippen LogP contribution in [0.4, 0.5) is 0 Å². The lowest BCUT2D eigenvalue weighted by Gasteiger charge is -2.00. The Bertz CT molecular complexity index is 517. The molecule has 82 valence electrons. The van der Waals surface area contributed by atoms with Crippen molar-refractivity contribution < 1.29 is 0 Å². The Kier molecular flexibility index (Phi) is 3.58. The Morgan fingerprint density at radius 2 is 2.12 bits per heavy atom. The van der Waals surface area contributed by atoms with Crippen molar-refractivity contribution in [3.05, 3.63) is 47.7 Å². The van der Waals surface area contributed by atoms with Crippen LogP contribution in [0.3, 0.4) is 0 Å². The van der Waals surface area contributed by atoms with Crippen molar-refractivity contribution in [1.29, 1.82) is 0 Å². The molecule has 0 fully saturated rings. The number of nitrogens with zero attached hydrogens (tertiary/aromatic N) is 1. The summed E-state index contributed by atoms with van der Waals surface area (Å²) in [6, 6.07) is 10.4. The van der Waals surface area contributed by atoms with Gasteiger partial charge in [0.05, 0.1) is 5.52 Å². The van der Waals surface area contributed by atoms with Crippen LogP contribution in [0.1, 0.15) is 17.7 Å². The predicted molar refractivity (Wildman–Crippen MR) is 70.9 cm³/mol. The van der Waals surface area contributed by atoms with Crippen LogP contribution in [-0.2, 0) is 0 Å². The van der Waals surface area contributed by atoms with E-state index in [1.807, 2.05) is 13.0 Å². The Morgan fingerprint density at radius 1 is 1.25 bits per heavy atom. The van der Waals surface area contributed by atoms with Crippen molar-refractivity contribution in [2.45, 2.75) is 13.3 Å². The average molecular weight is 232 g/mol. The van der Waals surface area contributed by atoms with E-state index in [2.05, 4.69) is 41.4 Å². The van der Waals surface area contributed by atoms with Gasteiger partial charge >= 0.3 is 0 Å². The minimum absolute atomic E-state index is 0.671. The molecule has 0 aliphatic rings. The third kappa shape index (κ3) is 2.61. The second-order valence-corrected chi connectivity index (χ2v) is 4.16. The molecular formula is C14H14ClN. The summed E-state index contributed by atoms with van der Waals surface area (Å²) in [7, 11) is 0. The zero-order valence-corrected chi connectivity index (χ0v) is 10.0. The fraction of sp³-hybridized carbons (Fsp3) is 0.214. The summed E-state index contributed by atoms with van der Waals surface area (Å²) in [5.74, 6) is 0.671. The molecule has 1 aromatic carbocycles. The number of allylic oxidation sites excluding steroid dienone is 1. The van der Waals surface area contributed by atoms with Gasteiger partial charge in [-0.15, -0.1) is 11.6 Å². The van der Waals surface area contributed by atoms with Crippen molar-refractivity contribution in [1.82, 2.24) is 4.98 Å². The molecule has 1 aromatic heterocycles. The van der Waals surface area contributed by atoms with Crippen LogP contribution in [-0.4, -0.2) is 10.9 Å². The van der Waals surface area contributed by atoms with Gasteiger partial charge in [0.2, 0.25) is 0 Å². The van der Waals surface area contributed by atoms with Gasteiger partial charge in [-0.25, -0.2) is 0 Å². The van der Waals surface area contributed by atoms with Crippen LogP contribution >= 0.6 is 11.6 Å². The first kappa shape index (κ1) is 11.2. The monoisotopic (exact) mass is 231 g/mol. The number of halogens is 1. The topological polar surface area (TPSA) is 12.9 Å². The molecule has 2 heteroatoms. The summed E-state index contributed by atoms with van der Waals surface area (Å²) in [6.45, 7) is 2.01. The number of benzene rings is 1. The molecule has 0 spiro atoms. The molecule has 0 radical (unpaired) electrons. The third-order valence-corrected chi connectivity index (χ3v) is 2.66. The van der Waals surface area contributed by atoms with Crippen molar-refractivity contribution in [2.75, 3.05) is 5.88 Å². The quantitative estimate of drug-likeness (QED) is 0.722. The molecule has 0 unspecified atom stereocenters. The molecule has 0 aliphatic carbocycles. The standard InChI is InChI=1S/C14H14ClN/c1-11-5-7-13-10-12(4-2-3-9-15)6-8-14(13)16-11/h2,4-8,10H,3,9H2,1H3/b4-2+. The molecule has 0 bridgehead atoms. The molecule has 0 aliphatic heterocycles. The van der Waals surface area contributed by atoms with Crippen LogP contribution in [0.2, 0.25) is 0 Å². The lowest BCUT2D eigenvalue weighted by molar-refractivity contribution is 1.24. The SMILES string of the molecule is Cc1ccc2cc(/C=C/CCCl)ccc2n1. The summed E-state index contributed by atoms with van der Waals surface area (Å²) < 4.78 is 0. The normalized spacial score (nSPS) is 11.4. The van der Waals surface area contributed by atoms with Crippen LogP contribution < -0.4 is 0 Å². The van der Waals surface area contributed by atoms with Gasteiger partial charge in [0.25, 0.3) is 0 Å². The first-order chi connectivity index (χ1) is 7.79. The Labute approximate surface area is 101 Å². The van der Waals surface area contributed by atoms with Gasteiger partial charge in [0, 0.05) is 17.0 Å². The van der Waals surface area contributed by atoms with Crippen molar-refractivity contribution in [3.8, 4) is 0 Å². The number of aromatic nitrogens is 1. The van der Waals surface area contributed by atoms with E-state index in [1.54, 1.807) is 0 Å². The smallest absolute Gasteiger partial charge is 0.0705 e. The molecule has 0 N–H and O–H groups in total. The van der Waals surface area contributed by atoms with Crippen molar-refractivity contribution in [2.24, 2.45) is 0 Å². The van der Waals surface area contributed by atoms with Gasteiger partial charge in [-0.1, -0.05) is 24.3 Å². The number of rotatable bonds is 3. The van der Waals surface area contributed by atoms with Crippen LogP contribution in [0.5, 0.6) is 0 Å². The summed E-state index contributed by atoms with van der Waals surface area (Å²) in [5, 5.41) is 1.18. The summed E-state index contributed by atoms with van der Waals surface area (Å²) in [6.07, 6.45) is 5.10. The largest absolute Gasteiger partial charge is 0.253 e. The van der Waals surface area contributed by atoms with Gasteiger partial charge in [-0.05, 0) is 37.1 Å². The van der Waals surface area contributed by atoms with Gasteiger partial charge in [-0.3, -0.25) is 4.98 Å². The summed E-state index contributed by atoms with van der Waals surface area (Å²) >= 11 is 5.62. The van der Waals surface area contributed by atoms with E-state index in [0.29, 0.717) is 5.88 Å². The van der Waals surface area contributed by atoms with Crippen LogP contribution in [0.25, 0.3) is 17.0 Å². The molecule has 0 saturated carbocycles. The Hall–Kier alpha value is -1.34. The fourth-order valence-electron chi connectivity index (χ4n) is 1.63. The maximum Gasteiger partial charge on any atom is 0.0705 e. The molecule has 0 atom stereocenters. The van der Waals surface area contributed by atoms with Gasteiger partial charge in [0.1, 0.15) is 0 Å². The van der Waals surface area contributed by atoms with E-state index in [-0.39, 0.29) is 0 Å². The Balaban J connectivity index is 2.33. The molecule has 1 heterocycles. The van der Waals surface area contributed by atoms with E-state index in [1.165, 1.54) is 10.9 Å². The maximum absolute atomic E-state index is 5.62. The molecule has 2 aromatic rings. The minimum Gasteiger partial charge on any atom is -0.253 e. The zero-order chi connectivity index (χ0) is 11.4. The maximum atomic E-state index is 5.62. The first-order valence-electron chi connectivity index (χ1n) is 5.39. The number of hydrogen-bond donors (Lipinski definition) is 0. The zero-order valence-electron chi connectivity index (χ0n) is 9.28. The molecule has 2 rings (SSSR count). The van der Waals surface area contributed by atoms with E-state index in [4.69, 9.17) is 11.6 Å². The molecule has 0 amide bonds. The lowest BCUT2D eigenvalue weighted by Crippen LogP contribution is -1.83. The van der Waals surface area contributed by atoms with Crippen molar-refractivity contribution in [3.63, 3.8) is 0 Å². The highest BCUT2D eigenvalue weighted by Crippen LogP contribution is 2.15. The highest BCUT2D eigenvalue weighted by Gasteiger charge is 1.95. The van der Waals surface area contributed by atoms with Gasteiger partial charge < -0.3 is 0 Å². The number of hydrogen-bond acceptors (Lipinski definition) is 1. The number of pyridine rings is 1. The van der Waals surface area contributed by atoms with E-state index >= 15 is 0 Å². The van der Waals surface area contributed by atoms with Crippen LogP contribution in [0.15, 0.2) is 36.4 Å². The van der Waals surface area contributed by atoms with E-state index < -0.39 is 0 Å². The minimum atomic E-state index is 0.671. The van der Waals surface area contributed by atoms with E-state index in [0.717, 1.165) is 17.6 Å². The van der Waals surface area contributed by atoms with Crippen LogP contribution in [0, 0.1) is 6.92 Å². The van der Waals surface area contributed by atoms with Crippen molar-refractivity contribution >= 4 is 28.6 Å². The second kappa shape index (κ2) is 5.13. The van der Waals surface area contributed by atoms with E-state index in [9.17, 15) is 0 Å². The van der Waals surface area contributed by atoms with Gasteiger partial charge in [0.15, 0.2) is 0 Å². The number of aryl methyl sites for hydroxylation is 1. The fourth-order valence-corrected chi connectivity index (χ4v) is 1.76. The first-order valence-corrected chi connectivity index (χ1v) is 5.93.